The quantitative estimate of drug-likeness (QED) is 0.843. The predicted octanol–water partition coefficient (Wildman–Crippen LogP) is 3.22. The lowest BCUT2D eigenvalue weighted by molar-refractivity contribution is 0.0924. The van der Waals surface area contributed by atoms with Crippen LogP contribution in [0.1, 0.15) is 22.5 Å². The number of para-hydroxylation sites is 1. The lowest BCUT2D eigenvalue weighted by Crippen LogP contribution is -2.28. The fourth-order valence-corrected chi connectivity index (χ4v) is 2.94. The first-order valence-corrected chi connectivity index (χ1v) is 7.90. The Balaban J connectivity index is 1.44. The van der Waals surface area contributed by atoms with Crippen molar-refractivity contribution in [3.05, 3.63) is 52.4 Å². The third-order valence-corrected chi connectivity index (χ3v) is 4.10. The van der Waals surface area contributed by atoms with Crippen LogP contribution in [0, 0.1) is 0 Å². The van der Waals surface area contributed by atoms with Gasteiger partial charge in [0.1, 0.15) is 0 Å². The van der Waals surface area contributed by atoms with Crippen LogP contribution >= 0.6 is 15.9 Å². The molecule has 1 aliphatic rings. The Hall–Kier alpha value is -1.75. The number of benzene rings is 1. The molecule has 2 aromatic rings. The van der Waals surface area contributed by atoms with Crippen molar-refractivity contribution in [1.29, 1.82) is 0 Å². The fourth-order valence-electron chi connectivity index (χ4n) is 2.63. The van der Waals surface area contributed by atoms with Gasteiger partial charge in [-0.1, -0.05) is 18.2 Å². The molecule has 0 radical (unpaired) electrons. The monoisotopic (exact) mass is 348 g/mol. The maximum atomic E-state index is 11.8. The van der Waals surface area contributed by atoms with Gasteiger partial charge in [0.2, 0.25) is 0 Å². The summed E-state index contributed by atoms with van der Waals surface area (Å²) in [5.74, 6) is 0.177. The molecule has 4 nitrogen and oxygen atoms in total. The van der Waals surface area contributed by atoms with Crippen LogP contribution in [0.15, 0.2) is 45.5 Å². The van der Waals surface area contributed by atoms with Gasteiger partial charge in [0.15, 0.2) is 10.4 Å². The lowest BCUT2D eigenvalue weighted by atomic mass is 10.2. The molecular weight excluding hydrogens is 332 g/mol. The van der Waals surface area contributed by atoms with Gasteiger partial charge in [0.05, 0.1) is 0 Å². The van der Waals surface area contributed by atoms with E-state index in [1.165, 1.54) is 11.3 Å². The number of rotatable bonds is 5. The highest BCUT2D eigenvalue weighted by atomic mass is 79.9. The SMILES string of the molecule is O=C(NCCCN1CCc2ccccc21)c1ccc(Br)o1. The first-order valence-electron chi connectivity index (χ1n) is 7.10. The summed E-state index contributed by atoms with van der Waals surface area (Å²) in [6.07, 6.45) is 2.03. The number of anilines is 1. The van der Waals surface area contributed by atoms with Crippen LogP contribution in [0.3, 0.4) is 0 Å². The third-order valence-electron chi connectivity index (χ3n) is 3.67. The Morgan fingerprint density at radius 3 is 2.95 bits per heavy atom. The van der Waals surface area contributed by atoms with Crippen molar-refractivity contribution in [3.8, 4) is 0 Å². The Bertz CT molecular complexity index is 639. The number of carbonyl (C=O) groups is 1. The molecule has 0 spiro atoms. The highest BCUT2D eigenvalue weighted by Crippen LogP contribution is 2.27. The molecule has 1 amide bonds. The summed E-state index contributed by atoms with van der Waals surface area (Å²) in [6.45, 7) is 2.67. The van der Waals surface area contributed by atoms with Crippen LogP contribution < -0.4 is 10.2 Å². The summed E-state index contributed by atoms with van der Waals surface area (Å²) in [4.78, 5) is 14.2. The van der Waals surface area contributed by atoms with Gasteiger partial charge in [-0.25, -0.2) is 0 Å². The normalized spacial score (nSPS) is 13.3. The zero-order chi connectivity index (χ0) is 14.7. The van der Waals surface area contributed by atoms with Gasteiger partial charge in [-0.15, -0.1) is 0 Å². The van der Waals surface area contributed by atoms with E-state index >= 15 is 0 Å². The van der Waals surface area contributed by atoms with Crippen LogP contribution in [0.25, 0.3) is 0 Å². The predicted molar refractivity (Wildman–Crippen MR) is 85.7 cm³/mol. The van der Waals surface area contributed by atoms with Gasteiger partial charge >= 0.3 is 0 Å². The number of furan rings is 1. The first-order chi connectivity index (χ1) is 10.2. The van der Waals surface area contributed by atoms with Crippen molar-refractivity contribution in [3.63, 3.8) is 0 Å². The number of amides is 1. The summed E-state index contributed by atoms with van der Waals surface area (Å²) in [5.41, 5.74) is 2.75. The summed E-state index contributed by atoms with van der Waals surface area (Å²) in [6, 6.07) is 11.9. The van der Waals surface area contributed by atoms with Gasteiger partial charge in [0, 0.05) is 25.3 Å². The highest BCUT2D eigenvalue weighted by molar-refractivity contribution is 9.10. The van der Waals surface area contributed by atoms with Crippen LogP contribution in [-0.2, 0) is 6.42 Å². The molecule has 0 unspecified atom stereocenters. The van der Waals surface area contributed by atoms with E-state index in [9.17, 15) is 4.79 Å². The molecule has 1 aromatic heterocycles. The van der Waals surface area contributed by atoms with Crippen molar-refractivity contribution in [2.75, 3.05) is 24.5 Å². The van der Waals surface area contributed by atoms with Crippen molar-refractivity contribution in [2.45, 2.75) is 12.8 Å². The molecule has 21 heavy (non-hydrogen) atoms. The summed E-state index contributed by atoms with van der Waals surface area (Å²) in [7, 11) is 0. The molecular formula is C16H17BrN2O2. The van der Waals surface area contributed by atoms with Gasteiger partial charge in [-0.3, -0.25) is 4.79 Å². The Kier molecular flexibility index (Phi) is 4.29. The summed E-state index contributed by atoms with van der Waals surface area (Å²) in [5, 5.41) is 2.88. The standard InChI is InChI=1S/C16H17BrN2O2/c17-15-7-6-14(21-15)16(20)18-9-3-10-19-11-8-12-4-1-2-5-13(12)19/h1-2,4-7H,3,8-11H2,(H,18,20). The highest BCUT2D eigenvalue weighted by Gasteiger charge is 2.17. The molecule has 0 saturated heterocycles. The van der Waals surface area contributed by atoms with Crippen LogP contribution in [0.2, 0.25) is 0 Å². The number of carbonyl (C=O) groups excluding carboxylic acids is 1. The molecule has 0 aliphatic carbocycles. The van der Waals surface area contributed by atoms with Crippen molar-refractivity contribution in [1.82, 2.24) is 5.32 Å². The Labute approximate surface area is 132 Å². The molecule has 0 bridgehead atoms. The smallest absolute Gasteiger partial charge is 0.287 e. The Morgan fingerprint density at radius 2 is 2.14 bits per heavy atom. The molecule has 5 heteroatoms. The first kappa shape index (κ1) is 14.2. The van der Waals surface area contributed by atoms with Crippen LogP contribution in [-0.4, -0.2) is 25.5 Å². The largest absolute Gasteiger partial charge is 0.444 e. The van der Waals surface area contributed by atoms with E-state index in [-0.39, 0.29) is 5.91 Å². The number of hydrogen-bond donors (Lipinski definition) is 1. The molecule has 1 aliphatic heterocycles. The van der Waals surface area contributed by atoms with E-state index in [0.29, 0.717) is 17.0 Å². The summed E-state index contributed by atoms with van der Waals surface area (Å²) < 4.78 is 5.79. The Morgan fingerprint density at radius 1 is 1.29 bits per heavy atom. The van der Waals surface area contributed by atoms with Crippen molar-refractivity contribution < 1.29 is 9.21 Å². The topological polar surface area (TPSA) is 45.5 Å². The van der Waals surface area contributed by atoms with Crippen LogP contribution in [0.5, 0.6) is 0 Å². The molecule has 0 atom stereocenters. The second-order valence-corrected chi connectivity index (χ2v) is 5.86. The number of nitrogens with one attached hydrogen (secondary N) is 1. The number of fused-ring (bicyclic) bond motifs is 1. The fraction of sp³-hybridized carbons (Fsp3) is 0.312. The molecule has 2 heterocycles. The molecule has 110 valence electrons. The minimum absolute atomic E-state index is 0.164. The van der Waals surface area contributed by atoms with E-state index in [1.807, 2.05) is 0 Å². The minimum Gasteiger partial charge on any atom is -0.444 e. The molecule has 0 saturated carbocycles. The number of halogens is 1. The van der Waals surface area contributed by atoms with E-state index in [1.54, 1.807) is 12.1 Å². The van der Waals surface area contributed by atoms with Crippen molar-refractivity contribution in [2.24, 2.45) is 0 Å². The second-order valence-electron chi connectivity index (χ2n) is 5.08. The molecule has 1 aromatic carbocycles. The lowest BCUT2D eigenvalue weighted by Gasteiger charge is -2.19. The molecule has 1 N–H and O–H groups in total. The van der Waals surface area contributed by atoms with Gasteiger partial charge in [-0.2, -0.15) is 0 Å². The third kappa shape index (κ3) is 3.29. The molecule has 0 fully saturated rings. The van der Waals surface area contributed by atoms with E-state index < -0.39 is 0 Å². The van der Waals surface area contributed by atoms with Gasteiger partial charge < -0.3 is 14.6 Å². The summed E-state index contributed by atoms with van der Waals surface area (Å²) >= 11 is 3.19. The van der Waals surface area contributed by atoms with Crippen LogP contribution in [0.4, 0.5) is 5.69 Å². The molecule has 3 rings (SSSR count). The maximum Gasteiger partial charge on any atom is 0.287 e. The van der Waals surface area contributed by atoms with E-state index in [4.69, 9.17) is 4.42 Å². The van der Waals surface area contributed by atoms with E-state index in [0.717, 1.165) is 25.9 Å². The average Bonchev–Trinajstić information content (AvgIpc) is 3.10. The second kappa shape index (κ2) is 6.35. The van der Waals surface area contributed by atoms with E-state index in [2.05, 4.69) is 50.4 Å². The number of hydrogen-bond acceptors (Lipinski definition) is 3. The van der Waals surface area contributed by atoms with Gasteiger partial charge in [0.25, 0.3) is 5.91 Å². The average molecular weight is 349 g/mol. The number of nitrogens with zero attached hydrogens (tertiary/aromatic N) is 1. The maximum absolute atomic E-state index is 11.8. The zero-order valence-electron chi connectivity index (χ0n) is 11.6. The van der Waals surface area contributed by atoms with Gasteiger partial charge in [-0.05, 0) is 52.5 Å². The minimum atomic E-state index is -0.164. The zero-order valence-corrected chi connectivity index (χ0v) is 13.2. The van der Waals surface area contributed by atoms with Crippen molar-refractivity contribution >= 4 is 27.5 Å².